The molecule has 0 aliphatic rings. The minimum Gasteiger partial charge on any atom is -0.497 e. The van der Waals surface area contributed by atoms with Gasteiger partial charge in [0.15, 0.2) is 0 Å². The van der Waals surface area contributed by atoms with Gasteiger partial charge in [0, 0.05) is 30.5 Å². The molecule has 7 heteroatoms. The minimum atomic E-state index is 0.364. The average Bonchev–Trinajstić information content (AvgIpc) is 2.93. The molecule has 2 rings (SSSR count). The summed E-state index contributed by atoms with van der Waals surface area (Å²) in [4.78, 5) is 0. The Morgan fingerprint density at radius 2 is 2.10 bits per heavy atom. The Morgan fingerprint density at radius 1 is 1.25 bits per heavy atom. The van der Waals surface area contributed by atoms with Crippen molar-refractivity contribution in [2.75, 3.05) is 25.4 Å². The van der Waals surface area contributed by atoms with E-state index in [2.05, 4.69) is 15.5 Å². The van der Waals surface area contributed by atoms with Gasteiger partial charge < -0.3 is 19.2 Å². The van der Waals surface area contributed by atoms with Crippen molar-refractivity contribution in [2.45, 2.75) is 13.0 Å². The molecule has 0 atom stereocenters. The fourth-order valence-electron chi connectivity index (χ4n) is 1.68. The van der Waals surface area contributed by atoms with Crippen molar-refractivity contribution in [2.24, 2.45) is 0 Å². The third kappa shape index (κ3) is 3.54. The zero-order valence-corrected chi connectivity index (χ0v) is 12.1. The molecular weight excluding hydrogens is 282 g/mol. The van der Waals surface area contributed by atoms with Gasteiger partial charge in [-0.25, -0.2) is 0 Å². The van der Waals surface area contributed by atoms with Crippen LogP contribution in [0.1, 0.15) is 11.5 Å². The summed E-state index contributed by atoms with van der Waals surface area (Å²) in [6.45, 7) is 0.510. The van der Waals surface area contributed by atoms with E-state index in [4.69, 9.17) is 25.5 Å². The van der Waals surface area contributed by atoms with E-state index in [1.54, 1.807) is 14.2 Å². The number of aryl methyl sites for hydroxylation is 1. The summed E-state index contributed by atoms with van der Waals surface area (Å²) >= 11 is 5.61. The molecule has 0 radical (unpaired) electrons. The maximum atomic E-state index is 5.61. The van der Waals surface area contributed by atoms with Crippen LogP contribution >= 0.6 is 11.6 Å². The molecule has 20 heavy (non-hydrogen) atoms. The summed E-state index contributed by atoms with van der Waals surface area (Å²) in [5.41, 5.74) is 0.963. The number of nitrogens with zero attached hydrogens (tertiary/aromatic N) is 2. The van der Waals surface area contributed by atoms with E-state index >= 15 is 0 Å². The number of aromatic nitrogens is 2. The molecule has 108 valence electrons. The van der Waals surface area contributed by atoms with Crippen molar-refractivity contribution in [3.63, 3.8) is 0 Å². The van der Waals surface area contributed by atoms with Crippen LogP contribution in [0.4, 0.5) is 6.01 Å². The van der Waals surface area contributed by atoms with E-state index in [-0.39, 0.29) is 0 Å². The Labute approximate surface area is 122 Å². The topological polar surface area (TPSA) is 69.4 Å². The van der Waals surface area contributed by atoms with E-state index < -0.39 is 0 Å². The van der Waals surface area contributed by atoms with Crippen LogP contribution in [0.3, 0.4) is 0 Å². The summed E-state index contributed by atoms with van der Waals surface area (Å²) in [6.07, 6.45) is 0.558. The third-order valence-electron chi connectivity index (χ3n) is 2.70. The fraction of sp³-hybridized carbons (Fsp3) is 0.385. The summed E-state index contributed by atoms with van der Waals surface area (Å²) in [5, 5.41) is 10.8. The van der Waals surface area contributed by atoms with E-state index in [9.17, 15) is 0 Å². The van der Waals surface area contributed by atoms with Crippen LogP contribution in [0.25, 0.3) is 0 Å². The quantitative estimate of drug-likeness (QED) is 0.792. The fourth-order valence-corrected chi connectivity index (χ4v) is 1.84. The van der Waals surface area contributed by atoms with Gasteiger partial charge in [0.2, 0.25) is 5.89 Å². The number of ether oxygens (including phenoxy) is 2. The highest BCUT2D eigenvalue weighted by Crippen LogP contribution is 2.25. The highest BCUT2D eigenvalue weighted by atomic mass is 35.5. The van der Waals surface area contributed by atoms with E-state index in [1.807, 2.05) is 18.2 Å². The molecule has 0 spiro atoms. The van der Waals surface area contributed by atoms with Crippen LogP contribution in [0, 0.1) is 0 Å². The molecule has 0 fully saturated rings. The molecule has 0 aliphatic heterocycles. The number of rotatable bonds is 7. The number of methoxy groups -OCH3 is 2. The van der Waals surface area contributed by atoms with Crippen LogP contribution in [-0.2, 0) is 13.0 Å². The van der Waals surface area contributed by atoms with Crippen LogP contribution in [0.5, 0.6) is 11.5 Å². The SMILES string of the molecule is COc1ccc(CNc2nnc(CCCl)o2)c(OC)c1. The summed E-state index contributed by atoms with van der Waals surface area (Å²) in [6, 6.07) is 5.97. The van der Waals surface area contributed by atoms with Gasteiger partial charge in [-0.05, 0) is 12.1 Å². The second kappa shape index (κ2) is 7.00. The Hall–Kier alpha value is -1.95. The van der Waals surface area contributed by atoms with Crippen molar-refractivity contribution in [3.05, 3.63) is 29.7 Å². The maximum Gasteiger partial charge on any atom is 0.315 e. The second-order valence-corrected chi connectivity index (χ2v) is 4.35. The lowest BCUT2D eigenvalue weighted by Crippen LogP contribution is -2.02. The molecule has 0 saturated carbocycles. The number of alkyl halides is 1. The number of nitrogens with one attached hydrogen (secondary N) is 1. The van der Waals surface area contributed by atoms with Gasteiger partial charge in [-0.3, -0.25) is 0 Å². The van der Waals surface area contributed by atoms with E-state index in [0.717, 1.165) is 17.1 Å². The first-order valence-electron chi connectivity index (χ1n) is 6.10. The molecule has 6 nitrogen and oxygen atoms in total. The molecular formula is C13H16ClN3O3. The summed E-state index contributed by atoms with van der Waals surface area (Å²) < 4.78 is 15.8. The number of benzene rings is 1. The van der Waals surface area contributed by atoms with Crippen LogP contribution in [0.2, 0.25) is 0 Å². The highest BCUT2D eigenvalue weighted by Gasteiger charge is 2.08. The van der Waals surface area contributed by atoms with E-state index in [0.29, 0.717) is 30.8 Å². The minimum absolute atomic E-state index is 0.364. The molecule has 1 heterocycles. The molecule has 0 amide bonds. The second-order valence-electron chi connectivity index (χ2n) is 3.97. The predicted octanol–water partition coefficient (Wildman–Crippen LogP) is 2.48. The first kappa shape index (κ1) is 14.5. The average molecular weight is 298 g/mol. The first-order chi connectivity index (χ1) is 9.76. The van der Waals surface area contributed by atoms with Gasteiger partial charge in [-0.15, -0.1) is 16.7 Å². The van der Waals surface area contributed by atoms with Gasteiger partial charge in [0.05, 0.1) is 14.2 Å². The number of anilines is 1. The van der Waals surface area contributed by atoms with Gasteiger partial charge in [0.1, 0.15) is 11.5 Å². The highest BCUT2D eigenvalue weighted by molar-refractivity contribution is 6.17. The zero-order chi connectivity index (χ0) is 14.4. The van der Waals surface area contributed by atoms with Gasteiger partial charge in [-0.2, -0.15) is 0 Å². The first-order valence-corrected chi connectivity index (χ1v) is 6.63. The largest absolute Gasteiger partial charge is 0.497 e. The Morgan fingerprint density at radius 3 is 2.80 bits per heavy atom. The van der Waals surface area contributed by atoms with Crippen LogP contribution < -0.4 is 14.8 Å². The summed E-state index contributed by atoms with van der Waals surface area (Å²) in [7, 11) is 3.23. The van der Waals surface area contributed by atoms with Crippen molar-refractivity contribution >= 4 is 17.6 Å². The third-order valence-corrected chi connectivity index (χ3v) is 2.89. The van der Waals surface area contributed by atoms with Crippen molar-refractivity contribution in [1.82, 2.24) is 10.2 Å². The molecule has 1 aromatic heterocycles. The molecule has 0 unspecified atom stereocenters. The van der Waals surface area contributed by atoms with E-state index in [1.165, 1.54) is 0 Å². The lowest BCUT2D eigenvalue weighted by Gasteiger charge is -2.10. The van der Waals surface area contributed by atoms with Crippen molar-refractivity contribution < 1.29 is 13.9 Å². The van der Waals surface area contributed by atoms with Crippen molar-refractivity contribution in [1.29, 1.82) is 0 Å². The lowest BCUT2D eigenvalue weighted by atomic mass is 10.2. The predicted molar refractivity (Wildman–Crippen MR) is 75.6 cm³/mol. The Bertz CT molecular complexity index is 560. The zero-order valence-electron chi connectivity index (χ0n) is 11.4. The smallest absolute Gasteiger partial charge is 0.315 e. The van der Waals surface area contributed by atoms with Crippen molar-refractivity contribution in [3.8, 4) is 11.5 Å². The maximum absolute atomic E-state index is 5.61. The van der Waals surface area contributed by atoms with Crippen LogP contribution in [-0.4, -0.2) is 30.3 Å². The molecule has 0 aliphatic carbocycles. The number of halogens is 1. The molecule has 2 aromatic rings. The normalized spacial score (nSPS) is 10.3. The molecule has 0 bridgehead atoms. The molecule has 1 N–H and O–H groups in total. The Kier molecular flexibility index (Phi) is 5.06. The summed E-state index contributed by atoms with van der Waals surface area (Å²) in [5.74, 6) is 2.45. The Balaban J connectivity index is 2.02. The lowest BCUT2D eigenvalue weighted by molar-refractivity contribution is 0.391. The van der Waals surface area contributed by atoms with Gasteiger partial charge in [-0.1, -0.05) is 5.10 Å². The monoisotopic (exact) mass is 297 g/mol. The standard InChI is InChI=1S/C13H16ClN3O3/c1-18-10-4-3-9(11(7-10)19-2)8-15-13-17-16-12(20-13)5-6-14/h3-4,7H,5-6,8H2,1-2H3,(H,15,17). The molecule has 1 aromatic carbocycles. The van der Waals surface area contributed by atoms with Gasteiger partial charge in [0.25, 0.3) is 0 Å². The van der Waals surface area contributed by atoms with Gasteiger partial charge >= 0.3 is 6.01 Å². The number of hydrogen-bond acceptors (Lipinski definition) is 6. The van der Waals surface area contributed by atoms with Crippen LogP contribution in [0.15, 0.2) is 22.6 Å². The number of hydrogen-bond donors (Lipinski definition) is 1. The molecule has 0 saturated heterocycles.